The van der Waals surface area contributed by atoms with E-state index in [0.29, 0.717) is 67.4 Å². The van der Waals surface area contributed by atoms with E-state index in [4.69, 9.17) is 25.4 Å². The SMILES string of the molecule is C#Cc1c(F)ccc2cc(O)cc(-c3ncc4c(N5CC6CCC(C5)N6)nc(OCCN5CCC(COc6cc(CC(=O)N7CCCC7C(=O)NC(C)c7ccc(-c8scnc8C)cc7)on6)CC5)nc4c3F)c12.CCC. The Labute approximate surface area is 450 Å². The quantitative estimate of drug-likeness (QED) is 0.0826. The van der Waals surface area contributed by atoms with Crippen molar-refractivity contribution in [2.24, 2.45) is 5.92 Å². The van der Waals surface area contributed by atoms with Crippen molar-refractivity contribution in [2.75, 3.05) is 57.4 Å². The van der Waals surface area contributed by atoms with Gasteiger partial charge in [0.2, 0.25) is 11.8 Å². The van der Waals surface area contributed by atoms with Crippen LogP contribution in [0.5, 0.6) is 17.6 Å². The van der Waals surface area contributed by atoms with Gasteiger partial charge in [-0.15, -0.1) is 17.8 Å². The van der Waals surface area contributed by atoms with Crippen LogP contribution in [0.4, 0.5) is 14.6 Å². The minimum atomic E-state index is -0.767. The molecule has 4 aliphatic rings. The van der Waals surface area contributed by atoms with Crippen LogP contribution >= 0.6 is 11.3 Å². The average Bonchev–Trinajstić information content (AvgIpc) is 4.29. The van der Waals surface area contributed by atoms with Gasteiger partial charge in [-0.2, -0.15) is 9.97 Å². The van der Waals surface area contributed by atoms with Gasteiger partial charge < -0.3 is 39.5 Å². The molecule has 77 heavy (non-hydrogen) atoms. The molecule has 2 bridgehead atoms. The number of ether oxygens (including phenoxy) is 2. The number of carbonyl (C=O) groups excluding carboxylic acids is 2. The zero-order chi connectivity index (χ0) is 53.7. The molecular weight excluding hydrogens is 1000 g/mol. The first-order valence-corrected chi connectivity index (χ1v) is 27.6. The smallest absolute Gasteiger partial charge is 0.319 e. The summed E-state index contributed by atoms with van der Waals surface area (Å²) in [5, 5.41) is 22.6. The van der Waals surface area contributed by atoms with Crippen molar-refractivity contribution in [3.8, 4) is 51.7 Å². The highest BCUT2D eigenvalue weighted by molar-refractivity contribution is 7.13. The molecule has 0 spiro atoms. The Morgan fingerprint density at radius 3 is 2.48 bits per heavy atom. The summed E-state index contributed by atoms with van der Waals surface area (Å²) < 4.78 is 49.8. The number of piperidine rings is 1. The first-order chi connectivity index (χ1) is 37.4. The number of halogens is 2. The summed E-state index contributed by atoms with van der Waals surface area (Å²) in [5.41, 5.74) is 4.83. The van der Waals surface area contributed by atoms with Crippen molar-refractivity contribution in [1.82, 2.24) is 45.5 Å². The van der Waals surface area contributed by atoms with E-state index in [0.717, 1.165) is 66.9 Å². The molecule has 4 fully saturated rings. The van der Waals surface area contributed by atoms with Crippen molar-refractivity contribution in [3.63, 3.8) is 0 Å². The number of nitrogens with zero attached hydrogens (tertiary/aromatic N) is 8. The molecule has 4 atom stereocenters. The summed E-state index contributed by atoms with van der Waals surface area (Å²) in [6.07, 6.45) is 13.6. The number of pyridine rings is 1. The summed E-state index contributed by atoms with van der Waals surface area (Å²) in [7, 11) is 0. The number of phenolic OH excluding ortho intramolecular Hbond substituents is 1. The number of phenols is 1. The van der Waals surface area contributed by atoms with E-state index >= 15 is 4.39 Å². The molecular formula is C58H64F2N10O6S. The van der Waals surface area contributed by atoms with Crippen LogP contribution in [-0.4, -0.2) is 122 Å². The monoisotopic (exact) mass is 1070 g/mol. The minimum absolute atomic E-state index is 0.00506. The Kier molecular flexibility index (Phi) is 16.2. The number of carbonyl (C=O) groups is 2. The molecule has 3 N–H and O–H groups in total. The molecule has 7 aromatic rings. The predicted octanol–water partition coefficient (Wildman–Crippen LogP) is 9.17. The Morgan fingerprint density at radius 2 is 1.75 bits per heavy atom. The van der Waals surface area contributed by atoms with Crippen molar-refractivity contribution in [3.05, 3.63) is 101 Å². The summed E-state index contributed by atoms with van der Waals surface area (Å²) >= 11 is 1.60. The molecule has 3 aromatic carbocycles. The van der Waals surface area contributed by atoms with Gasteiger partial charge in [-0.1, -0.05) is 56.5 Å². The highest BCUT2D eigenvalue weighted by atomic mass is 32.1. The number of fused-ring (bicyclic) bond motifs is 4. The lowest BCUT2D eigenvalue weighted by Crippen LogP contribution is -2.51. The highest BCUT2D eigenvalue weighted by Gasteiger charge is 2.36. The number of thiazole rings is 1. The second-order valence-corrected chi connectivity index (χ2v) is 21.4. The number of rotatable bonds is 15. The van der Waals surface area contributed by atoms with Crippen LogP contribution in [0.1, 0.15) is 94.3 Å². The predicted molar refractivity (Wildman–Crippen MR) is 292 cm³/mol. The maximum absolute atomic E-state index is 17.0. The fourth-order valence-electron chi connectivity index (χ4n) is 11.0. The third-order valence-electron chi connectivity index (χ3n) is 14.9. The number of terminal acetylenes is 1. The van der Waals surface area contributed by atoms with E-state index < -0.39 is 17.7 Å². The third-order valence-corrected chi connectivity index (χ3v) is 15.9. The number of benzene rings is 3. The molecule has 4 unspecified atom stereocenters. The second kappa shape index (κ2) is 23.5. The number of aromatic nitrogens is 5. The van der Waals surface area contributed by atoms with Gasteiger partial charge in [-0.25, -0.2) is 13.8 Å². The van der Waals surface area contributed by atoms with Crippen LogP contribution in [0.3, 0.4) is 0 Å². The molecule has 16 nitrogen and oxygen atoms in total. The lowest BCUT2D eigenvalue weighted by atomic mass is 9.96. The van der Waals surface area contributed by atoms with Gasteiger partial charge in [0, 0.05) is 61.5 Å². The number of aryl methyl sites for hydroxylation is 1. The summed E-state index contributed by atoms with van der Waals surface area (Å²) in [5.74, 6) is 1.93. The van der Waals surface area contributed by atoms with Gasteiger partial charge in [0.1, 0.15) is 47.0 Å². The third kappa shape index (κ3) is 11.7. The molecule has 0 radical (unpaired) electrons. The summed E-state index contributed by atoms with van der Waals surface area (Å²) in [6.45, 7) is 12.9. The number of nitrogens with one attached hydrogen (secondary N) is 2. The first kappa shape index (κ1) is 53.1. The Balaban J connectivity index is 0.00000219. The molecule has 4 aromatic heterocycles. The van der Waals surface area contributed by atoms with Crippen molar-refractivity contribution >= 4 is 50.6 Å². The van der Waals surface area contributed by atoms with Crippen LogP contribution < -0.4 is 25.0 Å². The van der Waals surface area contributed by atoms with E-state index in [1.807, 2.05) is 43.6 Å². The maximum atomic E-state index is 17.0. The maximum Gasteiger partial charge on any atom is 0.319 e. The Morgan fingerprint density at radius 1 is 0.987 bits per heavy atom. The van der Waals surface area contributed by atoms with Crippen molar-refractivity contribution in [2.45, 2.75) is 103 Å². The lowest BCUT2D eigenvalue weighted by Gasteiger charge is -2.34. The molecule has 19 heteroatoms. The summed E-state index contributed by atoms with van der Waals surface area (Å²) in [4.78, 5) is 52.5. The van der Waals surface area contributed by atoms with Gasteiger partial charge in [-0.05, 0) is 111 Å². The van der Waals surface area contributed by atoms with E-state index in [1.54, 1.807) is 22.3 Å². The van der Waals surface area contributed by atoms with Gasteiger partial charge in [0.25, 0.3) is 5.88 Å². The van der Waals surface area contributed by atoms with Crippen LogP contribution in [0.2, 0.25) is 0 Å². The zero-order valence-corrected chi connectivity index (χ0v) is 44.7. The number of aromatic hydroxyl groups is 1. The molecule has 8 heterocycles. The first-order valence-electron chi connectivity index (χ1n) is 26.7. The molecule has 11 rings (SSSR count). The Hall–Kier alpha value is -7.27. The van der Waals surface area contributed by atoms with Crippen LogP contribution in [0, 0.1) is 36.8 Å². The van der Waals surface area contributed by atoms with E-state index in [2.05, 4.69) is 60.3 Å². The van der Waals surface area contributed by atoms with Crippen LogP contribution in [0.15, 0.2) is 70.8 Å². The largest absolute Gasteiger partial charge is 0.508 e. The van der Waals surface area contributed by atoms with Crippen LogP contribution in [0.25, 0.3) is 43.4 Å². The van der Waals surface area contributed by atoms with Gasteiger partial charge >= 0.3 is 6.01 Å². The number of anilines is 1. The number of piperazine rings is 1. The zero-order valence-electron chi connectivity index (χ0n) is 43.9. The number of amides is 2. The standard InChI is InChI=1S/C55H56F2N10O6S.C3H8/c1-4-41-44(56)14-11-36-22-39(68)23-42(48(36)41)50-49(57)51-43(26-58-50)53(66-27-37-12-13-38(28-66)61-37)63-55(62-51)71-21-20-65-18-15-33(16-19-65)29-72-46-24-40(73-64-46)25-47(69)67-17-5-6-45(67)54(70)60-31(2)34-7-9-35(10-8-34)52-32(3)59-30-74-52;1-3-2/h1,7-11,14,22-24,26,30-31,33,37-38,45,61,68H,5-6,12-13,15-21,25,27-29H2,2-3H3,(H,60,70);3H2,1-2H3. The highest BCUT2D eigenvalue weighted by Crippen LogP contribution is 2.40. The molecule has 0 saturated carbocycles. The number of hydrogen-bond acceptors (Lipinski definition) is 15. The van der Waals surface area contributed by atoms with E-state index in [9.17, 15) is 19.1 Å². The van der Waals surface area contributed by atoms with Crippen LogP contribution in [-0.2, 0) is 16.0 Å². The van der Waals surface area contributed by atoms with Crippen molar-refractivity contribution in [1.29, 1.82) is 0 Å². The topological polar surface area (TPSA) is 184 Å². The lowest BCUT2D eigenvalue weighted by molar-refractivity contribution is -0.138. The second-order valence-electron chi connectivity index (χ2n) is 20.5. The average molecular weight is 1070 g/mol. The van der Waals surface area contributed by atoms with E-state index in [1.165, 1.54) is 36.9 Å². The fraction of sp³-hybridized carbons (Fsp3) is 0.431. The fourth-order valence-corrected chi connectivity index (χ4v) is 11.8. The van der Waals surface area contributed by atoms with Gasteiger partial charge in [-0.3, -0.25) is 19.5 Å². The molecule has 2 amide bonds. The molecule has 4 aliphatic heterocycles. The molecule has 0 aliphatic carbocycles. The summed E-state index contributed by atoms with van der Waals surface area (Å²) in [6, 6.07) is 15.0. The van der Waals surface area contributed by atoms with E-state index in [-0.39, 0.29) is 88.4 Å². The Bertz CT molecular complexity index is 3290. The molecule has 402 valence electrons. The molecule has 4 saturated heterocycles. The van der Waals surface area contributed by atoms with Crippen molar-refractivity contribution < 1.29 is 37.5 Å². The number of likely N-dealkylation sites (tertiary alicyclic amines) is 2. The van der Waals surface area contributed by atoms with Gasteiger partial charge in [0.15, 0.2) is 5.82 Å². The number of hydrogen-bond donors (Lipinski definition) is 3. The minimum Gasteiger partial charge on any atom is -0.508 e. The van der Waals surface area contributed by atoms with Gasteiger partial charge in [0.05, 0.1) is 46.1 Å². The normalized spacial score (nSPS) is 19.0.